The Kier molecular flexibility index (Phi) is 3.51. The van der Waals surface area contributed by atoms with Crippen LogP contribution in [0.1, 0.15) is 18.8 Å². The molecule has 0 spiro atoms. The van der Waals surface area contributed by atoms with Crippen molar-refractivity contribution in [2.75, 3.05) is 13.1 Å². The van der Waals surface area contributed by atoms with Crippen LogP contribution in [0.15, 0.2) is 0 Å². The molecule has 3 amide bonds. The van der Waals surface area contributed by atoms with E-state index in [1.807, 2.05) is 0 Å². The van der Waals surface area contributed by atoms with Gasteiger partial charge in [-0.2, -0.15) is 0 Å². The van der Waals surface area contributed by atoms with Crippen molar-refractivity contribution in [1.82, 2.24) is 30.0 Å². The third kappa shape index (κ3) is 2.18. The first kappa shape index (κ1) is 13.5. The molecular weight excluding hydrogens is 272 g/mol. The molecule has 2 heterocycles. The van der Waals surface area contributed by atoms with Gasteiger partial charge in [0.15, 0.2) is 5.82 Å². The first-order valence-corrected chi connectivity index (χ1v) is 5.99. The molecule has 1 saturated heterocycles. The van der Waals surface area contributed by atoms with Crippen LogP contribution in [0.3, 0.4) is 0 Å². The van der Waals surface area contributed by atoms with E-state index < -0.39 is 23.1 Å². The number of nitrogens with zero attached hydrogens (tertiary/aromatic N) is 6. The minimum absolute atomic E-state index is 0.00500. The number of likely N-dealkylation sites (N-methyl/N-ethyl adjacent to an activating group) is 1. The van der Waals surface area contributed by atoms with Crippen LogP contribution in [0.2, 0.25) is 0 Å². The van der Waals surface area contributed by atoms with E-state index in [0.717, 1.165) is 4.90 Å². The number of thiol groups is 1. The summed E-state index contributed by atoms with van der Waals surface area (Å²) in [5.74, 6) is -1.24. The summed E-state index contributed by atoms with van der Waals surface area (Å²) in [5, 5.41) is 10.2. The van der Waals surface area contributed by atoms with Crippen molar-refractivity contribution in [1.29, 1.82) is 0 Å². The lowest BCUT2D eigenvalue weighted by Crippen LogP contribution is -2.56. The number of tetrazole rings is 1. The quantitative estimate of drug-likeness (QED) is 0.551. The van der Waals surface area contributed by atoms with E-state index in [1.165, 1.54) is 9.58 Å². The molecule has 10 heteroatoms. The molecular formula is C9H12N6O3S. The molecule has 102 valence electrons. The highest BCUT2D eigenvalue weighted by Crippen LogP contribution is 2.25. The first-order valence-electron chi connectivity index (χ1n) is 5.55. The van der Waals surface area contributed by atoms with E-state index in [2.05, 4.69) is 28.2 Å². The second kappa shape index (κ2) is 4.96. The van der Waals surface area contributed by atoms with Gasteiger partial charge in [0.25, 0.3) is 5.24 Å². The number of imide groups is 1. The monoisotopic (exact) mass is 284 g/mol. The van der Waals surface area contributed by atoms with Gasteiger partial charge in [-0.3, -0.25) is 19.3 Å². The van der Waals surface area contributed by atoms with Crippen LogP contribution < -0.4 is 0 Å². The topological polar surface area (TPSA) is 101 Å². The minimum Gasteiger partial charge on any atom is -0.323 e. The van der Waals surface area contributed by atoms with E-state index in [4.69, 9.17) is 0 Å². The van der Waals surface area contributed by atoms with Gasteiger partial charge in [-0.05, 0) is 17.4 Å². The molecule has 0 bridgehead atoms. The molecule has 1 aliphatic rings. The van der Waals surface area contributed by atoms with E-state index >= 15 is 0 Å². The summed E-state index contributed by atoms with van der Waals surface area (Å²) in [4.78, 5) is 37.1. The highest BCUT2D eigenvalue weighted by molar-refractivity contribution is 7.96. The smallest absolute Gasteiger partial charge is 0.319 e. The van der Waals surface area contributed by atoms with Crippen molar-refractivity contribution in [3.8, 4) is 0 Å². The summed E-state index contributed by atoms with van der Waals surface area (Å²) in [5.41, 5.74) is 0. The minimum atomic E-state index is -0.881. The third-order valence-electron chi connectivity index (χ3n) is 2.94. The molecule has 1 aromatic rings. The van der Waals surface area contributed by atoms with Crippen LogP contribution in [0.5, 0.6) is 0 Å². The molecule has 1 aliphatic heterocycles. The average molecular weight is 284 g/mol. The number of hydrogen-bond acceptors (Lipinski definition) is 6. The van der Waals surface area contributed by atoms with Crippen LogP contribution in [-0.2, 0) is 16.6 Å². The van der Waals surface area contributed by atoms with Crippen LogP contribution >= 0.6 is 12.6 Å². The van der Waals surface area contributed by atoms with Gasteiger partial charge in [0.05, 0.1) is 6.54 Å². The Bertz CT molecular complexity index is 544. The maximum absolute atomic E-state index is 12.0. The Balaban J connectivity index is 2.40. The molecule has 19 heavy (non-hydrogen) atoms. The second-order valence-corrected chi connectivity index (χ2v) is 4.35. The van der Waals surface area contributed by atoms with Crippen molar-refractivity contribution >= 4 is 29.7 Å². The fourth-order valence-electron chi connectivity index (χ4n) is 2.00. The molecule has 0 aliphatic carbocycles. The summed E-state index contributed by atoms with van der Waals surface area (Å²) < 4.78 is 1.40. The predicted octanol–water partition coefficient (Wildman–Crippen LogP) is -1.01. The zero-order chi connectivity index (χ0) is 14.2. The Morgan fingerprint density at radius 2 is 2.11 bits per heavy atom. The van der Waals surface area contributed by atoms with Gasteiger partial charge >= 0.3 is 11.8 Å². The van der Waals surface area contributed by atoms with Crippen molar-refractivity contribution < 1.29 is 14.4 Å². The summed E-state index contributed by atoms with van der Waals surface area (Å²) in [6.45, 7) is 2.05. The van der Waals surface area contributed by atoms with Crippen molar-refractivity contribution in [3.05, 3.63) is 5.82 Å². The largest absolute Gasteiger partial charge is 0.323 e. The lowest BCUT2D eigenvalue weighted by Gasteiger charge is -2.37. The number of hydrogen-bond donors (Lipinski definition) is 1. The maximum atomic E-state index is 12.0. The molecule has 1 aromatic heterocycles. The van der Waals surface area contributed by atoms with Crippen molar-refractivity contribution in [2.45, 2.75) is 13.0 Å². The van der Waals surface area contributed by atoms with E-state index in [-0.39, 0.29) is 6.54 Å². The van der Waals surface area contributed by atoms with Crippen LogP contribution in [0, 0.1) is 0 Å². The van der Waals surface area contributed by atoms with Gasteiger partial charge in [-0.25, -0.2) is 4.68 Å². The Morgan fingerprint density at radius 1 is 1.42 bits per heavy atom. The number of piperazine rings is 1. The van der Waals surface area contributed by atoms with Gasteiger partial charge in [-0.1, -0.05) is 12.6 Å². The second-order valence-electron chi connectivity index (χ2n) is 3.97. The summed E-state index contributed by atoms with van der Waals surface area (Å²) in [7, 11) is 1.62. The van der Waals surface area contributed by atoms with Gasteiger partial charge in [-0.15, -0.1) is 5.10 Å². The molecule has 0 N–H and O–H groups in total. The lowest BCUT2D eigenvalue weighted by atomic mass is 10.1. The van der Waals surface area contributed by atoms with Gasteiger partial charge in [0, 0.05) is 13.6 Å². The first-order chi connectivity index (χ1) is 8.97. The predicted molar refractivity (Wildman–Crippen MR) is 65.0 cm³/mol. The van der Waals surface area contributed by atoms with Crippen LogP contribution in [0.25, 0.3) is 0 Å². The molecule has 9 nitrogen and oxygen atoms in total. The Hall–Kier alpha value is -1.97. The maximum Gasteiger partial charge on any atom is 0.319 e. The zero-order valence-electron chi connectivity index (χ0n) is 10.3. The van der Waals surface area contributed by atoms with Gasteiger partial charge in [0.2, 0.25) is 0 Å². The number of amides is 3. The highest BCUT2D eigenvalue weighted by atomic mass is 32.1. The molecule has 2 rings (SSSR count). The number of carbonyl (C=O) groups excluding carboxylic acids is 3. The summed E-state index contributed by atoms with van der Waals surface area (Å²) in [6, 6.07) is -0.564. The molecule has 0 radical (unpaired) electrons. The third-order valence-corrected chi connectivity index (χ3v) is 3.18. The fourth-order valence-corrected chi connectivity index (χ4v) is 2.18. The Labute approximate surface area is 113 Å². The molecule has 0 aromatic carbocycles. The average Bonchev–Trinajstić information content (AvgIpc) is 2.78. The molecule has 1 atom stereocenters. The zero-order valence-corrected chi connectivity index (χ0v) is 11.2. The molecule has 1 fully saturated rings. The van der Waals surface area contributed by atoms with E-state index in [1.54, 1.807) is 14.0 Å². The number of aryl methyl sites for hydroxylation is 1. The Morgan fingerprint density at radius 3 is 2.58 bits per heavy atom. The fraction of sp³-hybridized carbons (Fsp3) is 0.556. The van der Waals surface area contributed by atoms with Crippen molar-refractivity contribution in [2.24, 2.45) is 7.05 Å². The highest BCUT2D eigenvalue weighted by Gasteiger charge is 2.42. The van der Waals surface area contributed by atoms with Gasteiger partial charge < -0.3 is 4.90 Å². The summed E-state index contributed by atoms with van der Waals surface area (Å²) in [6.07, 6.45) is 0. The SMILES string of the molecule is CCN1C(=O)C(=O)N(C(=O)S)CC1c1nnnn1C. The molecule has 1 unspecified atom stereocenters. The van der Waals surface area contributed by atoms with E-state index in [9.17, 15) is 14.4 Å². The number of rotatable bonds is 2. The van der Waals surface area contributed by atoms with Gasteiger partial charge in [0.1, 0.15) is 6.04 Å². The van der Waals surface area contributed by atoms with Crippen molar-refractivity contribution in [3.63, 3.8) is 0 Å². The number of aromatic nitrogens is 4. The summed E-state index contributed by atoms with van der Waals surface area (Å²) >= 11 is 3.60. The standard InChI is InChI=1S/C9H12N6O3S/c1-3-14-5(6-10-11-12-13(6)2)4-15(9(18)19)8(17)7(14)16/h5H,3-4H2,1-2H3,(H,18,19). The normalized spacial score (nSPS) is 20.1. The number of carbonyl (C=O) groups is 3. The van der Waals surface area contributed by atoms with Crippen LogP contribution in [0.4, 0.5) is 4.79 Å². The van der Waals surface area contributed by atoms with Crippen LogP contribution in [-0.4, -0.2) is 60.2 Å². The molecule has 0 saturated carbocycles. The lowest BCUT2D eigenvalue weighted by molar-refractivity contribution is -0.156. The van der Waals surface area contributed by atoms with E-state index in [0.29, 0.717) is 12.4 Å².